The van der Waals surface area contributed by atoms with Crippen LogP contribution in [0.2, 0.25) is 0 Å². The Morgan fingerprint density at radius 3 is 2.50 bits per heavy atom. The first-order valence-electron chi connectivity index (χ1n) is 5.68. The molecule has 2 rings (SSSR count). The normalized spacial score (nSPS) is 12.1. The molecule has 4 heteroatoms. The second kappa shape index (κ2) is 6.06. The molecule has 2 aromatic carbocycles. The molecule has 0 heterocycles. The molecule has 0 saturated carbocycles. The number of anilines is 2. The molecular weight excluding hydrogens is 339 g/mol. The first-order valence-corrected chi connectivity index (χ1v) is 6.76. The lowest BCUT2D eigenvalue weighted by molar-refractivity contribution is 0.276. The summed E-state index contributed by atoms with van der Waals surface area (Å²) in [6, 6.07) is 15.5. The topological polar surface area (TPSA) is 58.3 Å². The molecule has 0 aromatic heterocycles. The van der Waals surface area contributed by atoms with Crippen molar-refractivity contribution in [3.63, 3.8) is 0 Å². The van der Waals surface area contributed by atoms with Gasteiger partial charge in [-0.15, -0.1) is 0 Å². The van der Waals surface area contributed by atoms with Gasteiger partial charge in [-0.25, -0.2) is 0 Å². The molecule has 0 amide bonds. The zero-order valence-corrected chi connectivity index (χ0v) is 12.0. The molecule has 2 aromatic rings. The highest BCUT2D eigenvalue weighted by atomic mass is 127. The van der Waals surface area contributed by atoms with E-state index in [2.05, 4.69) is 27.9 Å². The Kier molecular flexibility index (Phi) is 4.43. The van der Waals surface area contributed by atoms with E-state index in [4.69, 9.17) is 5.73 Å². The fourth-order valence-corrected chi connectivity index (χ4v) is 2.29. The van der Waals surface area contributed by atoms with Gasteiger partial charge >= 0.3 is 0 Å². The maximum atomic E-state index is 9.48. The molecule has 0 saturated heterocycles. The number of nitrogens with one attached hydrogen (secondary N) is 1. The Morgan fingerprint density at radius 2 is 1.89 bits per heavy atom. The number of aliphatic hydroxyl groups excluding tert-OH is 1. The van der Waals surface area contributed by atoms with Crippen molar-refractivity contribution in [1.29, 1.82) is 0 Å². The van der Waals surface area contributed by atoms with E-state index in [9.17, 15) is 5.11 Å². The zero-order chi connectivity index (χ0) is 13.0. The number of halogens is 1. The van der Waals surface area contributed by atoms with Crippen molar-refractivity contribution in [3.8, 4) is 0 Å². The number of aliphatic hydroxyl groups is 1. The standard InChI is InChI=1S/C14H15IN2O/c15-11-6-7-13(12(16)8-11)17-14(9-18)10-4-2-1-3-5-10/h1-8,14,17-18H,9,16H2. The predicted molar refractivity (Wildman–Crippen MR) is 83.5 cm³/mol. The van der Waals surface area contributed by atoms with Crippen molar-refractivity contribution in [1.82, 2.24) is 0 Å². The third-order valence-electron chi connectivity index (χ3n) is 2.73. The van der Waals surface area contributed by atoms with Crippen LogP contribution in [0.1, 0.15) is 11.6 Å². The van der Waals surface area contributed by atoms with Crippen molar-refractivity contribution in [2.24, 2.45) is 0 Å². The molecule has 1 atom stereocenters. The first-order chi connectivity index (χ1) is 8.70. The summed E-state index contributed by atoms with van der Waals surface area (Å²) < 4.78 is 1.09. The van der Waals surface area contributed by atoms with Gasteiger partial charge in [0.2, 0.25) is 0 Å². The predicted octanol–water partition coefficient (Wildman–Crippen LogP) is 3.02. The van der Waals surface area contributed by atoms with E-state index < -0.39 is 0 Å². The van der Waals surface area contributed by atoms with Gasteiger partial charge in [0.25, 0.3) is 0 Å². The molecule has 0 radical (unpaired) electrons. The van der Waals surface area contributed by atoms with Gasteiger partial charge in [0.1, 0.15) is 0 Å². The van der Waals surface area contributed by atoms with Crippen LogP contribution in [0, 0.1) is 3.57 Å². The van der Waals surface area contributed by atoms with Crippen LogP contribution in [0.3, 0.4) is 0 Å². The van der Waals surface area contributed by atoms with Crippen molar-refractivity contribution in [2.45, 2.75) is 6.04 Å². The van der Waals surface area contributed by atoms with Gasteiger partial charge in [-0.05, 0) is 46.4 Å². The van der Waals surface area contributed by atoms with Crippen LogP contribution in [0.15, 0.2) is 48.5 Å². The minimum Gasteiger partial charge on any atom is -0.397 e. The molecule has 0 aliphatic carbocycles. The highest BCUT2D eigenvalue weighted by molar-refractivity contribution is 14.1. The SMILES string of the molecule is Nc1cc(I)ccc1NC(CO)c1ccccc1. The summed E-state index contributed by atoms with van der Waals surface area (Å²) in [4.78, 5) is 0. The summed E-state index contributed by atoms with van der Waals surface area (Å²) in [5, 5.41) is 12.7. The summed E-state index contributed by atoms with van der Waals surface area (Å²) in [6.07, 6.45) is 0. The second-order valence-corrected chi connectivity index (χ2v) is 5.27. The molecule has 1 unspecified atom stereocenters. The quantitative estimate of drug-likeness (QED) is 0.584. The van der Waals surface area contributed by atoms with E-state index in [1.165, 1.54) is 0 Å². The molecular formula is C14H15IN2O. The third kappa shape index (κ3) is 3.14. The average molecular weight is 354 g/mol. The molecule has 0 aliphatic heterocycles. The molecule has 3 nitrogen and oxygen atoms in total. The average Bonchev–Trinajstić information content (AvgIpc) is 2.39. The van der Waals surface area contributed by atoms with E-state index in [0.717, 1.165) is 14.8 Å². The Hall–Kier alpha value is -1.27. The highest BCUT2D eigenvalue weighted by Gasteiger charge is 2.11. The number of rotatable bonds is 4. The summed E-state index contributed by atoms with van der Waals surface area (Å²) in [5.74, 6) is 0. The Morgan fingerprint density at radius 1 is 1.17 bits per heavy atom. The minimum atomic E-state index is -0.145. The van der Waals surface area contributed by atoms with Crippen LogP contribution >= 0.6 is 22.6 Å². The van der Waals surface area contributed by atoms with E-state index in [1.54, 1.807) is 0 Å². The lowest BCUT2D eigenvalue weighted by Crippen LogP contribution is -2.15. The van der Waals surface area contributed by atoms with E-state index in [-0.39, 0.29) is 12.6 Å². The molecule has 4 N–H and O–H groups in total. The van der Waals surface area contributed by atoms with E-state index in [0.29, 0.717) is 5.69 Å². The molecule has 0 spiro atoms. The van der Waals surface area contributed by atoms with Crippen molar-refractivity contribution in [3.05, 3.63) is 57.7 Å². The maximum Gasteiger partial charge on any atom is 0.0745 e. The van der Waals surface area contributed by atoms with Crippen molar-refractivity contribution in [2.75, 3.05) is 17.7 Å². The highest BCUT2D eigenvalue weighted by Crippen LogP contribution is 2.25. The van der Waals surface area contributed by atoms with E-state index in [1.807, 2.05) is 48.5 Å². The summed E-state index contributed by atoms with van der Waals surface area (Å²) >= 11 is 2.22. The van der Waals surface area contributed by atoms with Gasteiger partial charge < -0.3 is 16.2 Å². The number of benzene rings is 2. The lowest BCUT2D eigenvalue weighted by Gasteiger charge is -2.19. The Bertz CT molecular complexity index is 516. The van der Waals surface area contributed by atoms with Crippen LogP contribution in [0.4, 0.5) is 11.4 Å². The van der Waals surface area contributed by atoms with Crippen LogP contribution in [-0.2, 0) is 0 Å². The van der Waals surface area contributed by atoms with Crippen molar-refractivity contribution >= 4 is 34.0 Å². The fourth-order valence-electron chi connectivity index (χ4n) is 1.77. The zero-order valence-electron chi connectivity index (χ0n) is 9.81. The van der Waals surface area contributed by atoms with E-state index >= 15 is 0 Å². The summed E-state index contributed by atoms with van der Waals surface area (Å²) in [6.45, 7) is 0.0233. The molecule has 0 fully saturated rings. The third-order valence-corrected chi connectivity index (χ3v) is 3.40. The van der Waals surface area contributed by atoms with Gasteiger partial charge in [-0.3, -0.25) is 0 Å². The number of hydrogen-bond donors (Lipinski definition) is 3. The lowest BCUT2D eigenvalue weighted by atomic mass is 10.1. The largest absolute Gasteiger partial charge is 0.397 e. The van der Waals surface area contributed by atoms with Gasteiger partial charge in [0, 0.05) is 3.57 Å². The molecule has 18 heavy (non-hydrogen) atoms. The van der Waals surface area contributed by atoms with Crippen molar-refractivity contribution < 1.29 is 5.11 Å². The second-order valence-electron chi connectivity index (χ2n) is 4.02. The van der Waals surface area contributed by atoms with Crippen LogP contribution in [-0.4, -0.2) is 11.7 Å². The van der Waals surface area contributed by atoms with Crippen LogP contribution < -0.4 is 11.1 Å². The van der Waals surface area contributed by atoms with Crippen LogP contribution in [0.5, 0.6) is 0 Å². The monoisotopic (exact) mass is 354 g/mol. The number of nitrogen functional groups attached to an aromatic ring is 1. The minimum absolute atomic E-state index is 0.0233. The Labute approximate surface area is 120 Å². The number of nitrogens with two attached hydrogens (primary N) is 1. The first kappa shape index (κ1) is 13.2. The van der Waals surface area contributed by atoms with Gasteiger partial charge in [0.05, 0.1) is 24.0 Å². The van der Waals surface area contributed by atoms with Gasteiger partial charge in [-0.1, -0.05) is 30.3 Å². The summed E-state index contributed by atoms with van der Waals surface area (Å²) in [5.41, 5.74) is 8.53. The number of hydrogen-bond acceptors (Lipinski definition) is 3. The maximum absolute atomic E-state index is 9.48. The molecule has 94 valence electrons. The fraction of sp³-hybridized carbons (Fsp3) is 0.143. The smallest absolute Gasteiger partial charge is 0.0745 e. The molecule has 0 aliphatic rings. The van der Waals surface area contributed by atoms with Crippen LogP contribution in [0.25, 0.3) is 0 Å². The Balaban J connectivity index is 2.21. The van der Waals surface area contributed by atoms with Gasteiger partial charge in [0.15, 0.2) is 0 Å². The molecule has 0 bridgehead atoms. The van der Waals surface area contributed by atoms with Gasteiger partial charge in [-0.2, -0.15) is 0 Å². The summed E-state index contributed by atoms with van der Waals surface area (Å²) in [7, 11) is 0.